The lowest BCUT2D eigenvalue weighted by atomic mass is 10.2. The van der Waals surface area contributed by atoms with Crippen molar-refractivity contribution in [1.29, 1.82) is 0 Å². The molecule has 2 aromatic carbocycles. The van der Waals surface area contributed by atoms with Crippen LogP contribution in [0.25, 0.3) is 0 Å². The molecule has 0 bridgehead atoms. The summed E-state index contributed by atoms with van der Waals surface area (Å²) in [5, 5.41) is 10.9. The smallest absolute Gasteiger partial charge is 0.264 e. The number of nitrogens with zero attached hydrogens (tertiary/aromatic N) is 3. The van der Waals surface area contributed by atoms with Crippen LogP contribution in [0.4, 0.5) is 10.8 Å². The number of hydrogen-bond donors (Lipinski definition) is 1. The molecule has 8 nitrogen and oxygen atoms in total. The van der Waals surface area contributed by atoms with Crippen molar-refractivity contribution >= 4 is 49.8 Å². The zero-order valence-corrected chi connectivity index (χ0v) is 20.0. The molecule has 0 aliphatic rings. The van der Waals surface area contributed by atoms with Crippen LogP contribution >= 0.6 is 23.1 Å². The first kappa shape index (κ1) is 23.8. The maximum absolute atomic E-state index is 13.5. The van der Waals surface area contributed by atoms with Crippen molar-refractivity contribution in [2.24, 2.45) is 0 Å². The molecule has 0 spiro atoms. The SMILES string of the molecule is C=CCSc1nnc(NC(=O)CN(c2cc(C)ccc2OC)S(=O)(=O)c2ccccc2)s1. The summed E-state index contributed by atoms with van der Waals surface area (Å²) in [6.45, 7) is 5.02. The minimum absolute atomic E-state index is 0.0652. The molecule has 1 heterocycles. The molecule has 0 fully saturated rings. The Morgan fingerprint density at radius 2 is 2.00 bits per heavy atom. The van der Waals surface area contributed by atoms with Gasteiger partial charge in [-0.3, -0.25) is 14.4 Å². The van der Waals surface area contributed by atoms with Crippen molar-refractivity contribution in [3.8, 4) is 5.75 Å². The van der Waals surface area contributed by atoms with E-state index in [0.29, 0.717) is 15.8 Å². The van der Waals surface area contributed by atoms with Crippen molar-refractivity contribution in [2.45, 2.75) is 16.2 Å². The maximum atomic E-state index is 13.5. The standard InChI is InChI=1S/C21H22N4O4S3/c1-4-12-30-21-24-23-20(31-21)22-19(26)14-25(17-13-15(2)10-11-18(17)29-3)32(27,28)16-8-6-5-7-9-16/h4-11,13H,1,12,14H2,2-3H3,(H,22,23,26). The first-order chi connectivity index (χ1) is 15.3. The van der Waals surface area contributed by atoms with E-state index in [-0.39, 0.29) is 15.7 Å². The normalized spacial score (nSPS) is 11.1. The Labute approximate surface area is 195 Å². The second-order valence-corrected chi connectivity index (χ2v) is 10.6. The summed E-state index contributed by atoms with van der Waals surface area (Å²) in [4.78, 5) is 12.9. The highest BCUT2D eigenvalue weighted by Crippen LogP contribution is 2.33. The molecule has 168 valence electrons. The number of nitrogens with one attached hydrogen (secondary N) is 1. The van der Waals surface area contributed by atoms with Gasteiger partial charge < -0.3 is 4.74 Å². The fourth-order valence-electron chi connectivity index (χ4n) is 2.75. The van der Waals surface area contributed by atoms with Gasteiger partial charge in [0.25, 0.3) is 10.0 Å². The van der Waals surface area contributed by atoms with Gasteiger partial charge in [-0.15, -0.1) is 16.8 Å². The van der Waals surface area contributed by atoms with Crippen LogP contribution in [0.5, 0.6) is 5.75 Å². The van der Waals surface area contributed by atoms with E-state index in [4.69, 9.17) is 4.74 Å². The van der Waals surface area contributed by atoms with Gasteiger partial charge in [-0.05, 0) is 36.8 Å². The Hall–Kier alpha value is -2.89. The maximum Gasteiger partial charge on any atom is 0.264 e. The minimum atomic E-state index is -4.05. The molecule has 1 N–H and O–H groups in total. The van der Waals surface area contributed by atoms with Gasteiger partial charge in [-0.2, -0.15) is 0 Å². The van der Waals surface area contributed by atoms with Crippen molar-refractivity contribution < 1.29 is 17.9 Å². The van der Waals surface area contributed by atoms with E-state index >= 15 is 0 Å². The van der Waals surface area contributed by atoms with E-state index in [1.54, 1.807) is 42.5 Å². The van der Waals surface area contributed by atoms with Gasteiger partial charge in [-0.1, -0.05) is 53.4 Å². The second kappa shape index (κ2) is 10.6. The molecule has 0 saturated heterocycles. The minimum Gasteiger partial charge on any atom is -0.495 e. The van der Waals surface area contributed by atoms with Crippen LogP contribution in [0.3, 0.4) is 0 Å². The molecule has 1 amide bonds. The average molecular weight is 491 g/mol. The number of aryl methyl sites for hydroxylation is 1. The Morgan fingerprint density at radius 3 is 2.69 bits per heavy atom. The first-order valence-corrected chi connectivity index (χ1v) is 12.7. The topological polar surface area (TPSA) is 101 Å². The number of carbonyl (C=O) groups excluding carboxylic acids is 1. The zero-order valence-electron chi connectivity index (χ0n) is 17.5. The van der Waals surface area contributed by atoms with Crippen molar-refractivity contribution in [1.82, 2.24) is 10.2 Å². The summed E-state index contributed by atoms with van der Waals surface area (Å²) < 4.78 is 34.0. The second-order valence-electron chi connectivity index (χ2n) is 6.52. The van der Waals surface area contributed by atoms with Crippen LogP contribution in [0.1, 0.15) is 5.56 Å². The predicted molar refractivity (Wildman–Crippen MR) is 128 cm³/mol. The van der Waals surface area contributed by atoms with E-state index in [1.165, 1.54) is 42.3 Å². The van der Waals surface area contributed by atoms with Gasteiger partial charge >= 0.3 is 0 Å². The largest absolute Gasteiger partial charge is 0.495 e. The predicted octanol–water partition coefficient (Wildman–Crippen LogP) is 3.97. The van der Waals surface area contributed by atoms with Crippen LogP contribution in [0.15, 0.2) is 70.4 Å². The van der Waals surface area contributed by atoms with Crippen molar-refractivity contribution in [2.75, 3.05) is 29.0 Å². The average Bonchev–Trinajstić information content (AvgIpc) is 3.23. The molecular weight excluding hydrogens is 468 g/mol. The summed E-state index contributed by atoms with van der Waals surface area (Å²) in [6.07, 6.45) is 1.74. The Bertz CT molecular complexity index is 1200. The molecule has 0 saturated carbocycles. The molecular formula is C21H22N4O4S3. The number of anilines is 2. The molecule has 0 aliphatic carbocycles. The lowest BCUT2D eigenvalue weighted by Crippen LogP contribution is -2.38. The Balaban J connectivity index is 1.93. The van der Waals surface area contributed by atoms with E-state index < -0.39 is 22.5 Å². The van der Waals surface area contributed by atoms with Crippen molar-refractivity contribution in [3.05, 3.63) is 66.7 Å². The molecule has 0 radical (unpaired) electrons. The van der Waals surface area contributed by atoms with Gasteiger partial charge in [0.15, 0.2) is 4.34 Å². The Kier molecular flexibility index (Phi) is 7.89. The number of sulfonamides is 1. The molecule has 0 aliphatic heterocycles. The highest BCUT2D eigenvalue weighted by molar-refractivity contribution is 8.01. The summed E-state index contributed by atoms with van der Waals surface area (Å²) >= 11 is 2.65. The molecule has 0 atom stereocenters. The quantitative estimate of drug-likeness (QED) is 0.261. The van der Waals surface area contributed by atoms with Crippen LogP contribution in [0.2, 0.25) is 0 Å². The summed E-state index contributed by atoms with van der Waals surface area (Å²) in [5.74, 6) is 0.449. The summed E-state index contributed by atoms with van der Waals surface area (Å²) in [6, 6.07) is 13.1. The molecule has 3 rings (SSSR count). The summed E-state index contributed by atoms with van der Waals surface area (Å²) in [5.41, 5.74) is 1.09. The van der Waals surface area contributed by atoms with E-state index in [1.807, 2.05) is 6.92 Å². The van der Waals surface area contributed by atoms with Gasteiger partial charge in [0.05, 0.1) is 17.7 Å². The van der Waals surface area contributed by atoms with E-state index in [2.05, 4.69) is 22.1 Å². The summed E-state index contributed by atoms with van der Waals surface area (Å²) in [7, 11) is -2.60. The van der Waals surface area contributed by atoms with Crippen LogP contribution in [-0.4, -0.2) is 43.9 Å². The number of hydrogen-bond acceptors (Lipinski definition) is 8. The van der Waals surface area contributed by atoms with Crippen molar-refractivity contribution in [3.63, 3.8) is 0 Å². The lowest BCUT2D eigenvalue weighted by Gasteiger charge is -2.25. The molecule has 1 aromatic heterocycles. The van der Waals surface area contributed by atoms with E-state index in [9.17, 15) is 13.2 Å². The number of benzene rings is 2. The van der Waals surface area contributed by atoms with Crippen LogP contribution in [0, 0.1) is 6.92 Å². The van der Waals surface area contributed by atoms with Crippen LogP contribution in [-0.2, 0) is 14.8 Å². The zero-order chi connectivity index (χ0) is 23.1. The third kappa shape index (κ3) is 5.67. The van der Waals surface area contributed by atoms with E-state index in [0.717, 1.165) is 9.87 Å². The third-order valence-electron chi connectivity index (χ3n) is 4.20. The molecule has 3 aromatic rings. The van der Waals surface area contributed by atoms with Gasteiger partial charge in [0.2, 0.25) is 11.0 Å². The molecule has 32 heavy (non-hydrogen) atoms. The number of ether oxygens (including phenoxy) is 1. The monoisotopic (exact) mass is 490 g/mol. The number of carbonyl (C=O) groups is 1. The first-order valence-electron chi connectivity index (χ1n) is 9.44. The van der Waals surface area contributed by atoms with Gasteiger partial charge in [0, 0.05) is 5.75 Å². The Morgan fingerprint density at radius 1 is 1.25 bits per heavy atom. The number of amides is 1. The fourth-order valence-corrected chi connectivity index (χ4v) is 5.73. The van der Waals surface area contributed by atoms with Gasteiger partial charge in [-0.25, -0.2) is 8.42 Å². The highest BCUT2D eigenvalue weighted by Gasteiger charge is 2.29. The molecule has 11 heteroatoms. The number of thioether (sulfide) groups is 1. The highest BCUT2D eigenvalue weighted by atomic mass is 32.2. The number of aromatic nitrogens is 2. The number of methoxy groups -OCH3 is 1. The lowest BCUT2D eigenvalue weighted by molar-refractivity contribution is -0.114. The third-order valence-corrected chi connectivity index (χ3v) is 7.94. The fraction of sp³-hybridized carbons (Fsp3) is 0.190. The molecule has 0 unspecified atom stereocenters. The number of rotatable bonds is 10. The van der Waals surface area contributed by atoms with Gasteiger partial charge in [0.1, 0.15) is 12.3 Å². The van der Waals surface area contributed by atoms with Crippen LogP contribution < -0.4 is 14.4 Å².